The SMILES string of the molecule is C#CCN(CC1CC1)c1ncc(CN)c2ccccc12. The molecule has 0 spiro atoms. The van der Waals surface area contributed by atoms with Crippen molar-refractivity contribution in [2.45, 2.75) is 19.4 Å². The summed E-state index contributed by atoms with van der Waals surface area (Å²) in [6.45, 7) is 2.12. The summed E-state index contributed by atoms with van der Waals surface area (Å²) in [5, 5.41) is 2.32. The van der Waals surface area contributed by atoms with Crippen molar-refractivity contribution in [1.29, 1.82) is 0 Å². The van der Waals surface area contributed by atoms with E-state index in [1.54, 1.807) is 0 Å². The molecule has 0 atom stereocenters. The maximum atomic E-state index is 5.81. The molecule has 1 aromatic carbocycles. The Balaban J connectivity index is 2.07. The van der Waals surface area contributed by atoms with Gasteiger partial charge in [-0.25, -0.2) is 4.98 Å². The average molecular weight is 265 g/mol. The minimum Gasteiger partial charge on any atom is -0.345 e. The summed E-state index contributed by atoms with van der Waals surface area (Å²) in [5.41, 5.74) is 6.89. The molecule has 0 aliphatic heterocycles. The van der Waals surface area contributed by atoms with E-state index in [-0.39, 0.29) is 0 Å². The molecule has 0 saturated heterocycles. The van der Waals surface area contributed by atoms with Crippen LogP contribution in [0.1, 0.15) is 18.4 Å². The molecular weight excluding hydrogens is 246 g/mol. The van der Waals surface area contributed by atoms with E-state index in [1.807, 2.05) is 18.3 Å². The monoisotopic (exact) mass is 265 g/mol. The summed E-state index contributed by atoms with van der Waals surface area (Å²) < 4.78 is 0. The van der Waals surface area contributed by atoms with Crippen LogP contribution in [-0.4, -0.2) is 18.1 Å². The van der Waals surface area contributed by atoms with Gasteiger partial charge in [-0.15, -0.1) is 6.42 Å². The Morgan fingerprint density at radius 2 is 2.05 bits per heavy atom. The van der Waals surface area contributed by atoms with Crippen molar-refractivity contribution in [2.24, 2.45) is 11.7 Å². The predicted molar refractivity (Wildman–Crippen MR) is 83.4 cm³/mol. The van der Waals surface area contributed by atoms with Gasteiger partial charge in [0.15, 0.2) is 0 Å². The van der Waals surface area contributed by atoms with Gasteiger partial charge in [0.2, 0.25) is 0 Å². The number of fused-ring (bicyclic) bond motifs is 1. The summed E-state index contributed by atoms with van der Waals surface area (Å²) in [4.78, 5) is 6.85. The molecule has 2 aromatic rings. The number of nitrogens with two attached hydrogens (primary N) is 1. The smallest absolute Gasteiger partial charge is 0.137 e. The second-order valence-corrected chi connectivity index (χ2v) is 5.38. The number of terminal acetylenes is 1. The van der Waals surface area contributed by atoms with Crippen LogP contribution in [0.5, 0.6) is 0 Å². The van der Waals surface area contributed by atoms with Gasteiger partial charge in [-0.3, -0.25) is 0 Å². The Morgan fingerprint density at radius 3 is 2.70 bits per heavy atom. The number of pyridine rings is 1. The molecule has 20 heavy (non-hydrogen) atoms. The van der Waals surface area contributed by atoms with E-state index in [2.05, 4.69) is 27.9 Å². The third-order valence-corrected chi connectivity index (χ3v) is 3.83. The standard InChI is InChI=1S/C17H19N3/c1-2-9-20(12-13-7-8-13)17-16-6-4-3-5-15(16)14(10-18)11-19-17/h1,3-6,11,13H,7-10,12,18H2. The topological polar surface area (TPSA) is 42.2 Å². The zero-order valence-electron chi connectivity index (χ0n) is 11.5. The predicted octanol–water partition coefficient (Wildman–Crippen LogP) is 2.54. The van der Waals surface area contributed by atoms with Crippen molar-refractivity contribution < 1.29 is 0 Å². The highest BCUT2D eigenvalue weighted by Gasteiger charge is 2.25. The van der Waals surface area contributed by atoms with Crippen LogP contribution in [0.4, 0.5) is 5.82 Å². The van der Waals surface area contributed by atoms with Crippen LogP contribution in [0, 0.1) is 18.3 Å². The Hall–Kier alpha value is -2.05. The first-order chi connectivity index (χ1) is 9.83. The Bertz CT molecular complexity index is 653. The van der Waals surface area contributed by atoms with E-state index in [9.17, 15) is 0 Å². The minimum absolute atomic E-state index is 0.506. The number of aromatic nitrogens is 1. The number of hydrogen-bond acceptors (Lipinski definition) is 3. The first-order valence-corrected chi connectivity index (χ1v) is 7.08. The van der Waals surface area contributed by atoms with Crippen LogP contribution in [-0.2, 0) is 6.54 Å². The number of anilines is 1. The van der Waals surface area contributed by atoms with Crippen LogP contribution in [0.2, 0.25) is 0 Å². The summed E-state index contributed by atoms with van der Waals surface area (Å²) in [7, 11) is 0. The molecule has 102 valence electrons. The van der Waals surface area contributed by atoms with E-state index < -0.39 is 0 Å². The third kappa shape index (κ3) is 2.48. The summed E-state index contributed by atoms with van der Waals surface area (Å²) in [5.74, 6) is 4.52. The molecule has 3 rings (SSSR count). The molecule has 1 fully saturated rings. The van der Waals surface area contributed by atoms with Gasteiger partial charge in [-0.05, 0) is 29.7 Å². The fraction of sp³-hybridized carbons (Fsp3) is 0.353. The highest BCUT2D eigenvalue weighted by molar-refractivity contribution is 5.94. The molecule has 1 heterocycles. The van der Waals surface area contributed by atoms with E-state index in [0.717, 1.165) is 29.2 Å². The number of benzene rings is 1. The summed E-state index contributed by atoms with van der Waals surface area (Å²) >= 11 is 0. The first kappa shape index (κ1) is 13.0. The van der Waals surface area contributed by atoms with Crippen LogP contribution >= 0.6 is 0 Å². The van der Waals surface area contributed by atoms with Gasteiger partial charge in [0, 0.05) is 24.7 Å². The number of rotatable bonds is 5. The molecular formula is C17H19N3. The van der Waals surface area contributed by atoms with Crippen molar-refractivity contribution in [1.82, 2.24) is 4.98 Å². The lowest BCUT2D eigenvalue weighted by molar-refractivity contribution is 0.757. The van der Waals surface area contributed by atoms with Gasteiger partial charge in [-0.2, -0.15) is 0 Å². The minimum atomic E-state index is 0.506. The zero-order chi connectivity index (χ0) is 13.9. The average Bonchev–Trinajstić information content (AvgIpc) is 3.30. The lowest BCUT2D eigenvalue weighted by Crippen LogP contribution is -2.27. The molecule has 1 aromatic heterocycles. The van der Waals surface area contributed by atoms with Crippen LogP contribution in [0.25, 0.3) is 10.8 Å². The van der Waals surface area contributed by atoms with Gasteiger partial charge < -0.3 is 10.6 Å². The molecule has 1 aliphatic carbocycles. The van der Waals surface area contributed by atoms with E-state index in [1.165, 1.54) is 18.2 Å². The maximum Gasteiger partial charge on any atom is 0.137 e. The molecule has 1 saturated carbocycles. The number of nitrogens with zero attached hydrogens (tertiary/aromatic N) is 2. The van der Waals surface area contributed by atoms with Crippen molar-refractivity contribution in [2.75, 3.05) is 18.0 Å². The molecule has 0 unspecified atom stereocenters. The summed E-state index contributed by atoms with van der Waals surface area (Å²) in [6, 6.07) is 8.29. The van der Waals surface area contributed by atoms with E-state index >= 15 is 0 Å². The van der Waals surface area contributed by atoms with Gasteiger partial charge in [0.05, 0.1) is 6.54 Å². The second-order valence-electron chi connectivity index (χ2n) is 5.38. The van der Waals surface area contributed by atoms with Crippen molar-refractivity contribution in [3.63, 3.8) is 0 Å². The van der Waals surface area contributed by atoms with Crippen LogP contribution in [0.3, 0.4) is 0 Å². The van der Waals surface area contributed by atoms with Gasteiger partial charge >= 0.3 is 0 Å². The molecule has 3 nitrogen and oxygen atoms in total. The molecule has 0 amide bonds. The molecule has 0 radical (unpaired) electrons. The maximum absolute atomic E-state index is 5.81. The van der Waals surface area contributed by atoms with Crippen molar-refractivity contribution >= 4 is 16.6 Å². The molecule has 1 aliphatic rings. The Labute approximate surface area is 119 Å². The van der Waals surface area contributed by atoms with E-state index in [4.69, 9.17) is 12.2 Å². The normalized spacial score (nSPS) is 14.2. The third-order valence-electron chi connectivity index (χ3n) is 3.83. The number of hydrogen-bond donors (Lipinski definition) is 1. The van der Waals surface area contributed by atoms with Gasteiger partial charge in [0.25, 0.3) is 0 Å². The lowest BCUT2D eigenvalue weighted by Gasteiger charge is -2.23. The summed E-state index contributed by atoms with van der Waals surface area (Å²) in [6.07, 6.45) is 10.0. The van der Waals surface area contributed by atoms with Crippen LogP contribution < -0.4 is 10.6 Å². The molecule has 2 N–H and O–H groups in total. The first-order valence-electron chi connectivity index (χ1n) is 7.08. The highest BCUT2D eigenvalue weighted by Crippen LogP contribution is 2.33. The molecule has 0 bridgehead atoms. The van der Waals surface area contributed by atoms with E-state index in [0.29, 0.717) is 13.1 Å². The Morgan fingerprint density at radius 1 is 1.30 bits per heavy atom. The fourth-order valence-electron chi connectivity index (χ4n) is 2.60. The fourth-order valence-corrected chi connectivity index (χ4v) is 2.60. The molecule has 3 heteroatoms. The highest BCUT2D eigenvalue weighted by atomic mass is 15.2. The Kier molecular flexibility index (Phi) is 3.58. The zero-order valence-corrected chi connectivity index (χ0v) is 11.5. The quantitative estimate of drug-likeness (QED) is 0.845. The van der Waals surface area contributed by atoms with Gasteiger partial charge in [0.1, 0.15) is 5.82 Å². The lowest BCUT2D eigenvalue weighted by atomic mass is 10.1. The van der Waals surface area contributed by atoms with Crippen LogP contribution in [0.15, 0.2) is 30.5 Å². The second kappa shape index (κ2) is 5.52. The largest absolute Gasteiger partial charge is 0.345 e. The van der Waals surface area contributed by atoms with Gasteiger partial charge in [-0.1, -0.05) is 30.2 Å². The van der Waals surface area contributed by atoms with Crippen molar-refractivity contribution in [3.8, 4) is 12.3 Å². The van der Waals surface area contributed by atoms with Crippen molar-refractivity contribution in [3.05, 3.63) is 36.0 Å².